The molecule has 0 aromatic carbocycles. The standard InChI is InChI=1S/C10H12FN5O/c1-6-3-13-8(17-6)5-14-9-7(11)4-15-10(12-2)16-9/h3-4H,5H2,1-2H3,(H2,12,14,15,16). The van der Waals surface area contributed by atoms with Gasteiger partial charge in [0.05, 0.1) is 18.9 Å². The van der Waals surface area contributed by atoms with Crippen LogP contribution in [0.3, 0.4) is 0 Å². The number of aromatic nitrogens is 3. The largest absolute Gasteiger partial charge is 0.444 e. The van der Waals surface area contributed by atoms with Crippen LogP contribution in [0.25, 0.3) is 0 Å². The Balaban J connectivity index is 2.07. The molecule has 0 amide bonds. The topological polar surface area (TPSA) is 75.9 Å². The molecule has 6 nitrogen and oxygen atoms in total. The molecule has 0 spiro atoms. The van der Waals surface area contributed by atoms with Gasteiger partial charge in [-0.2, -0.15) is 4.98 Å². The Bertz CT molecular complexity index is 513. The van der Waals surface area contributed by atoms with Crippen molar-refractivity contribution in [2.75, 3.05) is 17.7 Å². The first-order valence-corrected chi connectivity index (χ1v) is 5.04. The van der Waals surface area contributed by atoms with E-state index in [2.05, 4.69) is 25.6 Å². The van der Waals surface area contributed by atoms with Gasteiger partial charge >= 0.3 is 0 Å². The first kappa shape index (κ1) is 11.3. The van der Waals surface area contributed by atoms with Crippen molar-refractivity contribution in [1.82, 2.24) is 15.0 Å². The second-order valence-electron chi connectivity index (χ2n) is 3.36. The first-order valence-electron chi connectivity index (χ1n) is 5.04. The Morgan fingerprint density at radius 3 is 2.82 bits per heavy atom. The van der Waals surface area contributed by atoms with Gasteiger partial charge in [0.25, 0.3) is 0 Å². The Labute approximate surface area is 97.3 Å². The summed E-state index contributed by atoms with van der Waals surface area (Å²) in [5.74, 6) is 1.12. The third-order valence-electron chi connectivity index (χ3n) is 2.04. The average molecular weight is 237 g/mol. The number of nitrogens with one attached hydrogen (secondary N) is 2. The molecule has 0 aliphatic heterocycles. The van der Waals surface area contributed by atoms with E-state index in [0.29, 0.717) is 17.6 Å². The molecular weight excluding hydrogens is 225 g/mol. The molecule has 2 N–H and O–H groups in total. The van der Waals surface area contributed by atoms with Crippen molar-refractivity contribution in [1.29, 1.82) is 0 Å². The Morgan fingerprint density at radius 2 is 2.18 bits per heavy atom. The van der Waals surface area contributed by atoms with Gasteiger partial charge in [-0.25, -0.2) is 14.4 Å². The zero-order valence-corrected chi connectivity index (χ0v) is 9.49. The number of rotatable bonds is 4. The lowest BCUT2D eigenvalue weighted by Gasteiger charge is -2.05. The van der Waals surface area contributed by atoms with Gasteiger partial charge in [-0.15, -0.1) is 0 Å². The second-order valence-corrected chi connectivity index (χ2v) is 3.36. The lowest BCUT2D eigenvalue weighted by molar-refractivity contribution is 0.478. The van der Waals surface area contributed by atoms with Gasteiger partial charge in [0.2, 0.25) is 11.8 Å². The van der Waals surface area contributed by atoms with E-state index in [1.165, 1.54) is 0 Å². The van der Waals surface area contributed by atoms with Crippen LogP contribution in [0.5, 0.6) is 0 Å². The van der Waals surface area contributed by atoms with E-state index in [1.807, 2.05) is 0 Å². The number of aryl methyl sites for hydroxylation is 1. The summed E-state index contributed by atoms with van der Waals surface area (Å²) in [5.41, 5.74) is 0. The summed E-state index contributed by atoms with van der Waals surface area (Å²) in [6.07, 6.45) is 2.70. The Hall–Kier alpha value is -2.18. The van der Waals surface area contributed by atoms with Gasteiger partial charge in [-0.1, -0.05) is 0 Å². The molecule has 0 unspecified atom stereocenters. The van der Waals surface area contributed by atoms with Crippen LogP contribution in [0, 0.1) is 12.7 Å². The van der Waals surface area contributed by atoms with Crippen molar-refractivity contribution < 1.29 is 8.81 Å². The number of anilines is 2. The van der Waals surface area contributed by atoms with Crippen LogP contribution >= 0.6 is 0 Å². The van der Waals surface area contributed by atoms with Crippen LogP contribution in [0.1, 0.15) is 11.7 Å². The van der Waals surface area contributed by atoms with Gasteiger partial charge < -0.3 is 15.1 Å². The molecule has 2 heterocycles. The van der Waals surface area contributed by atoms with E-state index >= 15 is 0 Å². The van der Waals surface area contributed by atoms with Crippen molar-refractivity contribution >= 4 is 11.8 Å². The summed E-state index contributed by atoms with van der Waals surface area (Å²) in [5, 5.41) is 5.52. The molecule has 0 aliphatic rings. The molecule has 0 saturated heterocycles. The van der Waals surface area contributed by atoms with Gasteiger partial charge in [0.15, 0.2) is 11.6 Å². The SMILES string of the molecule is CNc1ncc(F)c(NCc2ncc(C)o2)n1. The predicted octanol–water partition coefficient (Wildman–Crippen LogP) is 1.57. The van der Waals surface area contributed by atoms with Gasteiger partial charge in [0.1, 0.15) is 5.76 Å². The molecule has 0 aliphatic carbocycles. The van der Waals surface area contributed by atoms with Crippen LogP contribution in [0.15, 0.2) is 16.8 Å². The normalized spacial score (nSPS) is 10.3. The summed E-state index contributed by atoms with van der Waals surface area (Å²) in [7, 11) is 1.66. The third-order valence-corrected chi connectivity index (χ3v) is 2.04. The minimum atomic E-state index is -0.521. The molecular formula is C10H12FN5O. The van der Waals surface area contributed by atoms with Crippen molar-refractivity contribution in [3.05, 3.63) is 29.9 Å². The van der Waals surface area contributed by atoms with Gasteiger partial charge in [-0.05, 0) is 6.92 Å². The van der Waals surface area contributed by atoms with Crippen molar-refractivity contribution in [3.8, 4) is 0 Å². The molecule has 2 rings (SSSR count). The number of oxazole rings is 1. The molecule has 2 aromatic rings. The van der Waals surface area contributed by atoms with Gasteiger partial charge in [0, 0.05) is 7.05 Å². The van der Waals surface area contributed by atoms with E-state index in [1.54, 1.807) is 20.2 Å². The Kier molecular flexibility index (Phi) is 3.17. The van der Waals surface area contributed by atoms with Crippen molar-refractivity contribution in [3.63, 3.8) is 0 Å². The van der Waals surface area contributed by atoms with Gasteiger partial charge in [-0.3, -0.25) is 0 Å². The minimum absolute atomic E-state index is 0.111. The van der Waals surface area contributed by atoms with Crippen molar-refractivity contribution in [2.24, 2.45) is 0 Å². The fraction of sp³-hybridized carbons (Fsp3) is 0.300. The maximum atomic E-state index is 13.3. The molecule has 0 saturated carbocycles. The monoisotopic (exact) mass is 237 g/mol. The van der Waals surface area contributed by atoms with Crippen molar-refractivity contribution in [2.45, 2.75) is 13.5 Å². The van der Waals surface area contributed by atoms with E-state index in [0.717, 1.165) is 6.20 Å². The molecule has 90 valence electrons. The van der Waals surface area contributed by atoms with E-state index in [9.17, 15) is 4.39 Å². The highest BCUT2D eigenvalue weighted by Gasteiger charge is 2.07. The summed E-state index contributed by atoms with van der Waals surface area (Å²) in [4.78, 5) is 11.7. The second kappa shape index (κ2) is 4.77. The molecule has 17 heavy (non-hydrogen) atoms. The highest BCUT2D eigenvalue weighted by Crippen LogP contribution is 2.12. The first-order chi connectivity index (χ1) is 8.19. The van der Waals surface area contributed by atoms with E-state index in [4.69, 9.17) is 4.42 Å². The average Bonchev–Trinajstić information content (AvgIpc) is 2.74. The summed E-state index contributed by atoms with van der Waals surface area (Å²) < 4.78 is 18.6. The lowest BCUT2D eigenvalue weighted by atomic mass is 10.5. The molecule has 2 aromatic heterocycles. The quantitative estimate of drug-likeness (QED) is 0.840. The lowest BCUT2D eigenvalue weighted by Crippen LogP contribution is -2.06. The number of hydrogen-bond acceptors (Lipinski definition) is 6. The predicted molar refractivity (Wildman–Crippen MR) is 60.1 cm³/mol. The highest BCUT2D eigenvalue weighted by molar-refractivity contribution is 5.40. The zero-order chi connectivity index (χ0) is 12.3. The molecule has 7 heteroatoms. The third kappa shape index (κ3) is 2.68. The Morgan fingerprint density at radius 1 is 1.35 bits per heavy atom. The smallest absolute Gasteiger partial charge is 0.224 e. The molecule has 0 radical (unpaired) electrons. The van der Waals surface area contributed by atoms with Crippen LogP contribution in [-0.4, -0.2) is 22.0 Å². The fourth-order valence-electron chi connectivity index (χ4n) is 1.25. The number of nitrogens with zero attached hydrogens (tertiary/aromatic N) is 3. The summed E-state index contributed by atoms with van der Waals surface area (Å²) in [6.45, 7) is 2.06. The van der Waals surface area contributed by atoms with Crippen LogP contribution in [-0.2, 0) is 6.54 Å². The molecule has 0 bridgehead atoms. The molecule has 0 atom stereocenters. The maximum absolute atomic E-state index is 13.3. The number of halogens is 1. The minimum Gasteiger partial charge on any atom is -0.444 e. The summed E-state index contributed by atoms with van der Waals surface area (Å²) >= 11 is 0. The highest BCUT2D eigenvalue weighted by atomic mass is 19.1. The zero-order valence-electron chi connectivity index (χ0n) is 9.49. The number of hydrogen-bond donors (Lipinski definition) is 2. The van der Waals surface area contributed by atoms with Crippen LogP contribution in [0.2, 0.25) is 0 Å². The molecule has 0 fully saturated rings. The van der Waals surface area contributed by atoms with Crippen LogP contribution < -0.4 is 10.6 Å². The fourth-order valence-corrected chi connectivity index (χ4v) is 1.25. The summed E-state index contributed by atoms with van der Waals surface area (Å²) in [6, 6.07) is 0. The maximum Gasteiger partial charge on any atom is 0.224 e. The van der Waals surface area contributed by atoms with Crippen LogP contribution in [0.4, 0.5) is 16.2 Å². The van der Waals surface area contributed by atoms with E-state index < -0.39 is 5.82 Å². The van der Waals surface area contributed by atoms with E-state index in [-0.39, 0.29) is 12.4 Å².